The molecule has 1 aromatic heterocycles. The van der Waals surface area contributed by atoms with Crippen molar-refractivity contribution in [1.29, 1.82) is 5.26 Å². The number of fused-ring (bicyclic) bond motifs is 1. The lowest BCUT2D eigenvalue weighted by Gasteiger charge is -2.17. The SMILES string of the molecule is COc1ccc(CNc2cc3c(cnn3CC(F)(F)F)c(C#N)c2C(=O)c2cc(F)ccc2Cl)c(OC)c1. The lowest BCUT2D eigenvalue weighted by atomic mass is 9.94. The van der Waals surface area contributed by atoms with Crippen molar-refractivity contribution in [3.05, 3.63) is 81.8 Å². The predicted octanol–water partition coefficient (Wildman–Crippen LogP) is 6.12. The van der Waals surface area contributed by atoms with Gasteiger partial charge in [0.25, 0.3) is 0 Å². The highest BCUT2D eigenvalue weighted by atomic mass is 35.5. The van der Waals surface area contributed by atoms with E-state index in [1.807, 2.05) is 6.07 Å². The predicted molar refractivity (Wildman–Crippen MR) is 132 cm³/mol. The summed E-state index contributed by atoms with van der Waals surface area (Å²) in [4.78, 5) is 13.6. The lowest BCUT2D eigenvalue weighted by Crippen LogP contribution is -2.18. The number of nitrogens with zero attached hydrogens (tertiary/aromatic N) is 3. The molecule has 0 radical (unpaired) electrons. The minimum absolute atomic E-state index is 0.0232. The van der Waals surface area contributed by atoms with E-state index in [1.54, 1.807) is 18.2 Å². The van der Waals surface area contributed by atoms with Crippen molar-refractivity contribution in [3.8, 4) is 17.6 Å². The Morgan fingerprint density at radius 3 is 2.58 bits per heavy atom. The van der Waals surface area contributed by atoms with Gasteiger partial charge in [-0.15, -0.1) is 0 Å². The number of anilines is 1. The third-order valence-corrected chi connectivity index (χ3v) is 6.08. The molecule has 196 valence electrons. The number of carbonyl (C=O) groups is 1. The Hall–Kier alpha value is -4.30. The number of ether oxygens (including phenoxy) is 2. The van der Waals surface area contributed by atoms with Crippen LogP contribution in [0.1, 0.15) is 27.0 Å². The summed E-state index contributed by atoms with van der Waals surface area (Å²) in [6, 6.07) is 11.4. The van der Waals surface area contributed by atoms with E-state index < -0.39 is 24.3 Å². The van der Waals surface area contributed by atoms with E-state index in [4.69, 9.17) is 21.1 Å². The number of rotatable bonds is 8. The molecule has 0 aliphatic rings. The van der Waals surface area contributed by atoms with E-state index in [9.17, 15) is 27.6 Å². The van der Waals surface area contributed by atoms with Crippen molar-refractivity contribution in [2.45, 2.75) is 19.3 Å². The highest BCUT2D eigenvalue weighted by molar-refractivity contribution is 6.35. The fourth-order valence-corrected chi connectivity index (χ4v) is 4.20. The number of nitrogens with one attached hydrogen (secondary N) is 1. The van der Waals surface area contributed by atoms with Gasteiger partial charge < -0.3 is 14.8 Å². The van der Waals surface area contributed by atoms with Gasteiger partial charge in [0.05, 0.1) is 42.1 Å². The fraction of sp³-hybridized carbons (Fsp3) is 0.192. The molecule has 0 aliphatic carbocycles. The highest BCUT2D eigenvalue weighted by Crippen LogP contribution is 2.35. The van der Waals surface area contributed by atoms with Gasteiger partial charge in [0.15, 0.2) is 5.78 Å². The maximum absolute atomic E-state index is 14.0. The number of carbonyl (C=O) groups excluding carboxylic acids is 1. The summed E-state index contributed by atoms with van der Waals surface area (Å²) in [5.74, 6) is -0.540. The molecule has 0 saturated heterocycles. The molecule has 3 aromatic carbocycles. The first-order valence-electron chi connectivity index (χ1n) is 11.0. The van der Waals surface area contributed by atoms with E-state index in [1.165, 1.54) is 26.4 Å². The minimum Gasteiger partial charge on any atom is -0.497 e. The van der Waals surface area contributed by atoms with Crippen molar-refractivity contribution >= 4 is 34.0 Å². The average molecular weight is 547 g/mol. The molecule has 0 unspecified atom stereocenters. The first-order valence-corrected chi connectivity index (χ1v) is 11.4. The molecule has 0 atom stereocenters. The van der Waals surface area contributed by atoms with Crippen LogP contribution in [-0.2, 0) is 13.1 Å². The molecule has 1 heterocycles. The van der Waals surface area contributed by atoms with Gasteiger partial charge in [0.1, 0.15) is 29.9 Å². The van der Waals surface area contributed by atoms with Gasteiger partial charge in [-0.2, -0.15) is 23.5 Å². The summed E-state index contributed by atoms with van der Waals surface area (Å²) in [6.45, 7) is -1.36. The summed E-state index contributed by atoms with van der Waals surface area (Å²) in [5.41, 5.74) is -0.00344. The van der Waals surface area contributed by atoms with Gasteiger partial charge in [0.2, 0.25) is 0 Å². The second-order valence-electron chi connectivity index (χ2n) is 8.12. The molecule has 4 aromatic rings. The quantitative estimate of drug-likeness (QED) is 0.211. The summed E-state index contributed by atoms with van der Waals surface area (Å²) in [7, 11) is 2.94. The van der Waals surface area contributed by atoms with Gasteiger partial charge in [-0.1, -0.05) is 11.6 Å². The molecule has 1 N–H and O–H groups in total. The third-order valence-electron chi connectivity index (χ3n) is 5.75. The fourth-order valence-electron chi connectivity index (χ4n) is 4.00. The summed E-state index contributed by atoms with van der Waals surface area (Å²) >= 11 is 6.16. The van der Waals surface area contributed by atoms with Crippen LogP contribution in [0.3, 0.4) is 0 Å². The molecule has 7 nitrogen and oxygen atoms in total. The Balaban J connectivity index is 1.90. The second kappa shape index (κ2) is 10.6. The van der Waals surface area contributed by atoms with Gasteiger partial charge in [0, 0.05) is 34.8 Å². The van der Waals surface area contributed by atoms with Gasteiger partial charge in [-0.05, 0) is 36.4 Å². The van der Waals surface area contributed by atoms with Crippen LogP contribution in [0, 0.1) is 17.1 Å². The van der Waals surface area contributed by atoms with Crippen molar-refractivity contribution in [3.63, 3.8) is 0 Å². The van der Waals surface area contributed by atoms with Crippen LogP contribution in [0.15, 0.2) is 48.7 Å². The van der Waals surface area contributed by atoms with Crippen LogP contribution in [0.25, 0.3) is 10.9 Å². The van der Waals surface area contributed by atoms with Crippen LogP contribution in [-0.4, -0.2) is 36.0 Å². The zero-order valence-electron chi connectivity index (χ0n) is 20.0. The van der Waals surface area contributed by atoms with Crippen molar-refractivity contribution < 1.29 is 31.8 Å². The van der Waals surface area contributed by atoms with Gasteiger partial charge in [-0.3, -0.25) is 9.48 Å². The number of alkyl halides is 3. The molecule has 0 saturated carbocycles. The highest BCUT2D eigenvalue weighted by Gasteiger charge is 2.31. The van der Waals surface area contributed by atoms with E-state index in [0.717, 1.165) is 18.3 Å². The maximum Gasteiger partial charge on any atom is 0.408 e. The Morgan fingerprint density at radius 1 is 1.16 bits per heavy atom. The number of aromatic nitrogens is 2. The summed E-state index contributed by atoms with van der Waals surface area (Å²) in [6.07, 6.45) is -3.50. The summed E-state index contributed by atoms with van der Waals surface area (Å²) in [5, 5.41) is 16.8. The van der Waals surface area contributed by atoms with Crippen LogP contribution in [0.4, 0.5) is 23.2 Å². The number of halogens is 5. The number of benzene rings is 3. The average Bonchev–Trinajstić information content (AvgIpc) is 3.27. The van der Waals surface area contributed by atoms with E-state index in [0.29, 0.717) is 21.7 Å². The normalized spacial score (nSPS) is 11.3. The van der Waals surface area contributed by atoms with Gasteiger partial charge in [-0.25, -0.2) is 4.39 Å². The van der Waals surface area contributed by atoms with Crippen LogP contribution in [0.5, 0.6) is 11.5 Å². The van der Waals surface area contributed by atoms with Crippen LogP contribution in [0.2, 0.25) is 5.02 Å². The monoisotopic (exact) mass is 546 g/mol. The third kappa shape index (κ3) is 5.35. The smallest absolute Gasteiger partial charge is 0.408 e. The molecule has 38 heavy (non-hydrogen) atoms. The Labute approximate surface area is 219 Å². The number of methoxy groups -OCH3 is 2. The zero-order valence-corrected chi connectivity index (χ0v) is 20.7. The second-order valence-corrected chi connectivity index (χ2v) is 8.53. The molecule has 0 fully saturated rings. The van der Waals surface area contributed by atoms with Gasteiger partial charge >= 0.3 is 6.18 Å². The van der Waals surface area contributed by atoms with Crippen molar-refractivity contribution in [2.75, 3.05) is 19.5 Å². The standard InChI is InChI=1S/C26H19ClF4N4O3/c1-37-16-5-3-14(23(8-16)38-2)11-33-21-9-22-19(12-34-35(22)13-26(29,30)31)18(10-32)24(21)25(36)17-7-15(28)4-6-20(17)27/h3-9,12,33H,11,13H2,1-2H3. The molecular formula is C26H19ClF4N4O3. The molecule has 12 heteroatoms. The minimum atomic E-state index is -4.58. The van der Waals surface area contributed by atoms with Crippen LogP contribution < -0.4 is 14.8 Å². The largest absolute Gasteiger partial charge is 0.497 e. The van der Waals surface area contributed by atoms with Crippen molar-refractivity contribution in [1.82, 2.24) is 9.78 Å². The topological polar surface area (TPSA) is 89.2 Å². The first-order chi connectivity index (χ1) is 18.1. The number of nitriles is 1. The van der Waals surface area contributed by atoms with E-state index in [-0.39, 0.29) is 44.8 Å². The number of ketones is 1. The van der Waals surface area contributed by atoms with Crippen LogP contribution >= 0.6 is 11.6 Å². The Morgan fingerprint density at radius 2 is 1.92 bits per heavy atom. The Kier molecular flexibility index (Phi) is 7.46. The zero-order chi connectivity index (χ0) is 27.6. The first kappa shape index (κ1) is 26.8. The van der Waals surface area contributed by atoms with E-state index >= 15 is 0 Å². The molecule has 4 rings (SSSR count). The molecule has 0 spiro atoms. The molecule has 0 aliphatic heterocycles. The van der Waals surface area contributed by atoms with Crippen molar-refractivity contribution in [2.24, 2.45) is 0 Å². The number of hydrogen-bond acceptors (Lipinski definition) is 6. The molecular weight excluding hydrogens is 528 g/mol. The Bertz CT molecular complexity index is 1580. The summed E-state index contributed by atoms with van der Waals surface area (Å²) < 4.78 is 64.8. The molecule has 0 amide bonds. The number of hydrogen-bond donors (Lipinski definition) is 1. The van der Waals surface area contributed by atoms with E-state index in [2.05, 4.69) is 10.4 Å². The molecule has 0 bridgehead atoms. The lowest BCUT2D eigenvalue weighted by molar-refractivity contribution is -0.141. The maximum atomic E-state index is 14.0.